The number of ether oxygens (including phenoxy) is 1. The van der Waals surface area contributed by atoms with E-state index in [1.54, 1.807) is 12.1 Å². The minimum absolute atomic E-state index is 0.000428. The molecule has 7 nitrogen and oxygen atoms in total. The molecule has 0 unspecified atom stereocenters. The van der Waals surface area contributed by atoms with Gasteiger partial charge in [-0.25, -0.2) is 4.39 Å². The summed E-state index contributed by atoms with van der Waals surface area (Å²) >= 11 is 0. The van der Waals surface area contributed by atoms with Gasteiger partial charge in [0.2, 0.25) is 0 Å². The largest absolute Gasteiger partial charge is 0.396 e. The third kappa shape index (κ3) is 7.12. The van der Waals surface area contributed by atoms with Crippen molar-refractivity contribution < 1.29 is 23.8 Å². The molecule has 144 valence electrons. The number of carbonyl (C=O) groups excluding carboxylic acids is 2. The Labute approximate surface area is 156 Å². The number of hydrogen-bond acceptors (Lipinski definition) is 5. The first kappa shape index (κ1) is 20.5. The van der Waals surface area contributed by atoms with Crippen LogP contribution in [0.4, 0.5) is 4.39 Å². The van der Waals surface area contributed by atoms with Gasteiger partial charge in [0.15, 0.2) is 0 Å². The van der Waals surface area contributed by atoms with Crippen molar-refractivity contribution in [1.82, 2.24) is 15.6 Å². The van der Waals surface area contributed by atoms with Crippen molar-refractivity contribution in [1.29, 1.82) is 0 Å². The SMILES string of the molecule is O=C(NCCOCc1ccc(F)cc1)c1ccc(C(=O)NCCCO)nc1. The molecule has 0 aliphatic carbocycles. The highest BCUT2D eigenvalue weighted by molar-refractivity contribution is 5.96. The van der Waals surface area contributed by atoms with Gasteiger partial charge in [0, 0.05) is 25.9 Å². The van der Waals surface area contributed by atoms with Crippen molar-refractivity contribution in [3.8, 4) is 0 Å². The first-order valence-electron chi connectivity index (χ1n) is 8.55. The lowest BCUT2D eigenvalue weighted by molar-refractivity contribution is 0.0897. The summed E-state index contributed by atoms with van der Waals surface area (Å²) in [6.07, 6.45) is 1.80. The van der Waals surface area contributed by atoms with E-state index in [1.165, 1.54) is 30.5 Å². The van der Waals surface area contributed by atoms with Crippen molar-refractivity contribution >= 4 is 11.8 Å². The molecule has 0 saturated carbocycles. The van der Waals surface area contributed by atoms with Crippen molar-refractivity contribution in [2.45, 2.75) is 13.0 Å². The van der Waals surface area contributed by atoms with Gasteiger partial charge in [-0.2, -0.15) is 0 Å². The average Bonchev–Trinajstić information content (AvgIpc) is 2.69. The van der Waals surface area contributed by atoms with Gasteiger partial charge in [-0.1, -0.05) is 12.1 Å². The highest BCUT2D eigenvalue weighted by Gasteiger charge is 2.09. The number of aliphatic hydroxyl groups is 1. The lowest BCUT2D eigenvalue weighted by Crippen LogP contribution is -2.28. The van der Waals surface area contributed by atoms with E-state index in [4.69, 9.17) is 9.84 Å². The topological polar surface area (TPSA) is 101 Å². The molecule has 0 radical (unpaired) electrons. The lowest BCUT2D eigenvalue weighted by Gasteiger charge is -2.07. The highest BCUT2D eigenvalue weighted by atomic mass is 19.1. The maximum Gasteiger partial charge on any atom is 0.269 e. The van der Waals surface area contributed by atoms with Crippen LogP contribution in [0.5, 0.6) is 0 Å². The zero-order valence-electron chi connectivity index (χ0n) is 14.8. The summed E-state index contributed by atoms with van der Waals surface area (Å²) in [4.78, 5) is 27.8. The Morgan fingerprint density at radius 3 is 2.44 bits per heavy atom. The third-order valence-corrected chi connectivity index (χ3v) is 3.59. The second kappa shape index (κ2) is 11.0. The van der Waals surface area contributed by atoms with Crippen LogP contribution in [0.1, 0.15) is 32.8 Å². The van der Waals surface area contributed by atoms with E-state index in [0.717, 1.165) is 5.56 Å². The molecular formula is C19H22FN3O4. The maximum atomic E-state index is 12.8. The number of benzene rings is 1. The minimum atomic E-state index is -0.357. The predicted molar refractivity (Wildman–Crippen MR) is 96.7 cm³/mol. The molecule has 2 amide bonds. The first-order valence-corrected chi connectivity index (χ1v) is 8.55. The Balaban J connectivity index is 1.69. The summed E-state index contributed by atoms with van der Waals surface area (Å²) in [7, 11) is 0. The predicted octanol–water partition coefficient (Wildman–Crippen LogP) is 1.28. The molecule has 27 heavy (non-hydrogen) atoms. The Bertz CT molecular complexity index is 736. The molecule has 3 N–H and O–H groups in total. The smallest absolute Gasteiger partial charge is 0.269 e. The van der Waals surface area contributed by atoms with E-state index in [2.05, 4.69) is 15.6 Å². The average molecular weight is 375 g/mol. The van der Waals surface area contributed by atoms with Gasteiger partial charge >= 0.3 is 0 Å². The number of aliphatic hydroxyl groups excluding tert-OH is 1. The van der Waals surface area contributed by atoms with Gasteiger partial charge in [-0.3, -0.25) is 14.6 Å². The van der Waals surface area contributed by atoms with Gasteiger partial charge in [0.25, 0.3) is 11.8 Å². The molecule has 0 aliphatic rings. The Morgan fingerprint density at radius 2 is 1.78 bits per heavy atom. The summed E-state index contributed by atoms with van der Waals surface area (Å²) in [6, 6.07) is 8.99. The maximum absolute atomic E-state index is 12.8. The van der Waals surface area contributed by atoms with Crippen LogP contribution in [0.3, 0.4) is 0 Å². The molecule has 0 spiro atoms. The second-order valence-electron chi connectivity index (χ2n) is 5.70. The molecule has 0 atom stereocenters. The van der Waals surface area contributed by atoms with Crippen molar-refractivity contribution in [2.75, 3.05) is 26.3 Å². The summed E-state index contributed by atoms with van der Waals surface area (Å²) in [6.45, 7) is 1.31. The van der Waals surface area contributed by atoms with Gasteiger partial charge in [0.1, 0.15) is 11.5 Å². The molecule has 0 bridgehead atoms. The summed E-state index contributed by atoms with van der Waals surface area (Å²) in [5.74, 6) is -0.974. The molecule has 0 aliphatic heterocycles. The van der Waals surface area contributed by atoms with Crippen LogP contribution < -0.4 is 10.6 Å². The fourth-order valence-electron chi connectivity index (χ4n) is 2.14. The monoisotopic (exact) mass is 375 g/mol. The number of halogens is 1. The Morgan fingerprint density at radius 1 is 1.04 bits per heavy atom. The van der Waals surface area contributed by atoms with E-state index in [-0.39, 0.29) is 29.9 Å². The van der Waals surface area contributed by atoms with E-state index in [0.29, 0.717) is 38.3 Å². The number of pyridine rings is 1. The van der Waals surface area contributed by atoms with Crippen LogP contribution in [-0.4, -0.2) is 48.2 Å². The number of hydrogen-bond donors (Lipinski definition) is 3. The molecule has 8 heteroatoms. The van der Waals surface area contributed by atoms with Crippen LogP contribution in [0.15, 0.2) is 42.6 Å². The van der Waals surface area contributed by atoms with E-state index in [9.17, 15) is 14.0 Å². The minimum Gasteiger partial charge on any atom is -0.396 e. The standard InChI is InChI=1S/C19H22FN3O4/c20-16-5-2-14(3-6-16)13-27-11-9-22-18(25)15-4-7-17(23-12-15)19(26)21-8-1-10-24/h2-7,12,24H,1,8-11,13H2,(H,21,26)(H,22,25). The Kier molecular flexibility index (Phi) is 8.34. The number of rotatable bonds is 10. The number of nitrogens with zero attached hydrogens (tertiary/aromatic N) is 1. The van der Waals surface area contributed by atoms with Crippen LogP contribution in [0.25, 0.3) is 0 Å². The first-order chi connectivity index (χ1) is 13.1. The third-order valence-electron chi connectivity index (χ3n) is 3.59. The fraction of sp³-hybridized carbons (Fsp3) is 0.316. The summed E-state index contributed by atoms with van der Waals surface area (Å²) in [5, 5.41) is 14.0. The molecule has 2 rings (SSSR count). The number of amides is 2. The molecule has 0 saturated heterocycles. The lowest BCUT2D eigenvalue weighted by atomic mass is 10.2. The quantitative estimate of drug-likeness (QED) is 0.543. The van der Waals surface area contributed by atoms with Crippen LogP contribution >= 0.6 is 0 Å². The normalized spacial score (nSPS) is 10.4. The fourth-order valence-corrected chi connectivity index (χ4v) is 2.14. The van der Waals surface area contributed by atoms with Crippen LogP contribution in [0, 0.1) is 5.82 Å². The molecular weight excluding hydrogens is 353 g/mol. The van der Waals surface area contributed by atoms with Crippen molar-refractivity contribution in [2.24, 2.45) is 0 Å². The molecule has 2 aromatic rings. The van der Waals surface area contributed by atoms with Gasteiger partial charge in [-0.05, 0) is 36.2 Å². The second-order valence-corrected chi connectivity index (χ2v) is 5.70. The molecule has 1 heterocycles. The van der Waals surface area contributed by atoms with Crippen LogP contribution in [0.2, 0.25) is 0 Å². The number of nitrogens with one attached hydrogen (secondary N) is 2. The molecule has 1 aromatic carbocycles. The van der Waals surface area contributed by atoms with Gasteiger partial charge in [0.05, 0.1) is 18.8 Å². The Hall–Kier alpha value is -2.84. The van der Waals surface area contributed by atoms with Gasteiger partial charge in [-0.15, -0.1) is 0 Å². The zero-order valence-corrected chi connectivity index (χ0v) is 14.8. The van der Waals surface area contributed by atoms with Gasteiger partial charge < -0.3 is 20.5 Å². The zero-order chi connectivity index (χ0) is 19.5. The number of carbonyl (C=O) groups is 2. The molecule has 0 fully saturated rings. The molecule has 1 aromatic heterocycles. The number of aromatic nitrogens is 1. The summed E-state index contributed by atoms with van der Waals surface area (Å²) < 4.78 is 18.2. The van der Waals surface area contributed by atoms with E-state index < -0.39 is 0 Å². The highest BCUT2D eigenvalue weighted by Crippen LogP contribution is 2.04. The van der Waals surface area contributed by atoms with Crippen molar-refractivity contribution in [3.63, 3.8) is 0 Å². The van der Waals surface area contributed by atoms with Crippen LogP contribution in [-0.2, 0) is 11.3 Å². The van der Waals surface area contributed by atoms with E-state index in [1.807, 2.05) is 0 Å². The van der Waals surface area contributed by atoms with E-state index >= 15 is 0 Å². The van der Waals surface area contributed by atoms with Crippen molar-refractivity contribution in [3.05, 3.63) is 65.2 Å². The summed E-state index contributed by atoms with van der Waals surface area (Å²) in [5.41, 5.74) is 1.38.